The number of para-hydroxylation sites is 3. The highest BCUT2D eigenvalue weighted by atomic mass is 32.1. The molecule has 0 radical (unpaired) electrons. The molecule has 2 aromatic heterocycles. The van der Waals surface area contributed by atoms with E-state index < -0.39 is 0 Å². The van der Waals surface area contributed by atoms with E-state index in [1.807, 2.05) is 11.3 Å². The molecule has 3 nitrogen and oxygen atoms in total. The van der Waals surface area contributed by atoms with Crippen LogP contribution in [0.25, 0.3) is 93.5 Å². The lowest BCUT2D eigenvalue weighted by atomic mass is 9.82. The first-order chi connectivity index (χ1) is 40.2. The lowest BCUT2D eigenvalue weighted by Gasteiger charge is -2.28. The van der Waals surface area contributed by atoms with Crippen molar-refractivity contribution in [3.63, 3.8) is 0 Å². The molecule has 0 fully saturated rings. The summed E-state index contributed by atoms with van der Waals surface area (Å²) in [5.41, 5.74) is 23.1. The maximum absolute atomic E-state index is 2.50. The monoisotopic (exact) mass is 1070 g/mol. The van der Waals surface area contributed by atoms with E-state index in [9.17, 15) is 0 Å². The van der Waals surface area contributed by atoms with Crippen LogP contribution in [0.3, 0.4) is 0 Å². The molecule has 0 aliphatic heterocycles. The normalized spacial score (nSPS) is 13.6. The molecule has 0 atom stereocenters. The number of thiophene rings is 1. The zero-order valence-electron chi connectivity index (χ0n) is 46.2. The largest absolute Gasteiger partial charge is 0.309 e. The van der Waals surface area contributed by atoms with Crippen LogP contribution in [0.15, 0.2) is 273 Å². The van der Waals surface area contributed by atoms with Crippen LogP contribution >= 0.6 is 11.3 Å². The third-order valence-electron chi connectivity index (χ3n) is 18.0. The summed E-state index contributed by atoms with van der Waals surface area (Å²) in [7, 11) is 0. The number of fused-ring (bicyclic) bond motifs is 14. The van der Waals surface area contributed by atoms with Crippen molar-refractivity contribution < 1.29 is 0 Å². The Kier molecular flexibility index (Phi) is 10.8. The number of hydrogen-bond donors (Lipinski definition) is 0. The Bertz CT molecular complexity index is 4850. The minimum atomic E-state index is -0.158. The molecule has 2 heterocycles. The molecule has 0 saturated carbocycles. The van der Waals surface area contributed by atoms with Gasteiger partial charge in [-0.25, -0.2) is 0 Å². The third-order valence-corrected chi connectivity index (χ3v) is 19.1. The van der Waals surface area contributed by atoms with Crippen molar-refractivity contribution in [3.05, 3.63) is 295 Å². The van der Waals surface area contributed by atoms with Crippen molar-refractivity contribution in [1.29, 1.82) is 0 Å². The van der Waals surface area contributed by atoms with Gasteiger partial charge in [0.1, 0.15) is 10.0 Å². The lowest BCUT2D eigenvalue weighted by Crippen LogP contribution is -2.16. The number of rotatable bonds is 9. The fraction of sp³-hybridized carbons (Fsp3) is 0.0769. The molecule has 390 valence electrons. The predicted octanol–water partition coefficient (Wildman–Crippen LogP) is 22.0. The summed E-state index contributed by atoms with van der Waals surface area (Å²) in [5.74, 6) is 0. The Morgan fingerprint density at radius 3 is 1.51 bits per heavy atom. The fourth-order valence-electron chi connectivity index (χ4n) is 14.0. The number of nitrogens with zero attached hydrogens (tertiary/aromatic N) is 3. The second kappa shape index (κ2) is 18.4. The van der Waals surface area contributed by atoms with Crippen molar-refractivity contribution in [1.82, 2.24) is 4.57 Å². The van der Waals surface area contributed by atoms with Crippen molar-refractivity contribution in [2.45, 2.75) is 38.5 Å². The minimum absolute atomic E-state index is 0.112. The summed E-state index contributed by atoms with van der Waals surface area (Å²) in [6.07, 6.45) is 0. The van der Waals surface area contributed by atoms with Crippen LogP contribution in [0, 0.1) is 0 Å². The maximum Gasteiger partial charge on any atom is 0.110 e. The maximum atomic E-state index is 2.50. The molecular formula is C78H57N3S. The van der Waals surface area contributed by atoms with E-state index in [4.69, 9.17) is 0 Å². The van der Waals surface area contributed by atoms with Crippen molar-refractivity contribution in [2.24, 2.45) is 0 Å². The molecule has 0 N–H and O–H groups in total. The number of anilines is 6. The SMILES string of the molecule is CC1(C)c2ccccc2-c2cc(N(c3ccccc3)c3sc(N(c4ccccc4)c4ccc5c(c4)C(C)(C)c4ccccc4-5)cc3-c3ccc(-c4ccc5c(c4)c4c6ccccc6c6ccccc6c4n5-c4ccccc4)cc3)ccc21. The van der Waals surface area contributed by atoms with E-state index in [1.54, 1.807) is 0 Å². The summed E-state index contributed by atoms with van der Waals surface area (Å²) in [5, 5.41) is 9.84. The average Bonchev–Trinajstić information content (AvgIpc) is 3.95. The first-order valence-corrected chi connectivity index (χ1v) is 29.4. The van der Waals surface area contributed by atoms with Gasteiger partial charge in [-0.15, -0.1) is 0 Å². The Labute approximate surface area is 482 Å². The summed E-state index contributed by atoms with van der Waals surface area (Å²) < 4.78 is 2.47. The Balaban J connectivity index is 0.895. The van der Waals surface area contributed by atoms with E-state index in [1.165, 1.54) is 99.0 Å². The van der Waals surface area contributed by atoms with Gasteiger partial charge in [0.05, 0.1) is 11.0 Å². The van der Waals surface area contributed by atoms with Gasteiger partial charge in [0.25, 0.3) is 0 Å². The Morgan fingerprint density at radius 1 is 0.317 bits per heavy atom. The quantitative estimate of drug-likeness (QED) is 0.134. The van der Waals surface area contributed by atoms with Gasteiger partial charge in [-0.1, -0.05) is 233 Å². The fourth-order valence-corrected chi connectivity index (χ4v) is 15.3. The standard InChI is InChI=1S/C78H57N3S/c1-77(2)69-35-21-19-31-61(69)66-47-56(42-44-70(66)77)80(54-24-10-6-11-25-54)76-65(49-73(82-76)79(53-22-8-5-9-23-53)57-41-43-62-60-30-18-20-34-68(60)78(3,4)71(62)48-57)51-38-36-50(37-39-51)52-40-45-72-67(46-52)74-63-32-16-14-28-58(63)59-29-15-17-33-64(59)75(74)81(72)55-26-12-7-13-27-55/h5-49H,1-4H3. The van der Waals surface area contributed by atoms with Crippen LogP contribution < -0.4 is 9.80 Å². The molecule has 16 rings (SSSR count). The van der Waals surface area contributed by atoms with Crippen molar-refractivity contribution in [3.8, 4) is 50.2 Å². The average molecular weight is 1070 g/mol. The van der Waals surface area contributed by atoms with Gasteiger partial charge in [-0.3, -0.25) is 0 Å². The van der Waals surface area contributed by atoms with Gasteiger partial charge in [0.2, 0.25) is 0 Å². The van der Waals surface area contributed by atoms with E-state index in [2.05, 4.69) is 315 Å². The van der Waals surface area contributed by atoms with Gasteiger partial charge in [-0.05, 0) is 156 Å². The summed E-state index contributed by atoms with van der Waals surface area (Å²) in [4.78, 5) is 4.98. The number of hydrogen-bond acceptors (Lipinski definition) is 3. The van der Waals surface area contributed by atoms with Crippen molar-refractivity contribution >= 4 is 87.4 Å². The molecule has 0 amide bonds. The van der Waals surface area contributed by atoms with Gasteiger partial charge in [-0.2, -0.15) is 0 Å². The zero-order valence-corrected chi connectivity index (χ0v) is 47.0. The molecule has 2 aliphatic carbocycles. The second-order valence-corrected chi connectivity index (χ2v) is 24.3. The predicted molar refractivity (Wildman–Crippen MR) is 349 cm³/mol. The van der Waals surface area contributed by atoms with E-state index in [0.717, 1.165) is 49.6 Å². The first-order valence-electron chi connectivity index (χ1n) is 28.6. The zero-order chi connectivity index (χ0) is 54.8. The van der Waals surface area contributed by atoms with Crippen LogP contribution in [0.1, 0.15) is 49.9 Å². The highest BCUT2D eigenvalue weighted by molar-refractivity contribution is 7.21. The van der Waals surface area contributed by atoms with Gasteiger partial charge >= 0.3 is 0 Å². The van der Waals surface area contributed by atoms with Gasteiger partial charge in [0, 0.05) is 61.0 Å². The topological polar surface area (TPSA) is 11.4 Å². The second-order valence-electron chi connectivity index (χ2n) is 23.2. The minimum Gasteiger partial charge on any atom is -0.309 e. The van der Waals surface area contributed by atoms with Crippen molar-refractivity contribution in [2.75, 3.05) is 9.80 Å². The molecule has 0 bridgehead atoms. The number of benzene rings is 12. The van der Waals surface area contributed by atoms with Crippen LogP contribution in [0.2, 0.25) is 0 Å². The Hall–Kier alpha value is -9.74. The highest BCUT2D eigenvalue weighted by Crippen LogP contribution is 2.56. The molecule has 82 heavy (non-hydrogen) atoms. The molecule has 12 aromatic carbocycles. The molecule has 14 aromatic rings. The van der Waals surface area contributed by atoms with Crippen LogP contribution in [-0.4, -0.2) is 4.57 Å². The molecule has 2 aliphatic rings. The molecule has 0 spiro atoms. The van der Waals surface area contributed by atoms with E-state index in [-0.39, 0.29) is 10.8 Å². The third kappa shape index (κ3) is 7.27. The lowest BCUT2D eigenvalue weighted by molar-refractivity contribution is 0.660. The molecule has 0 saturated heterocycles. The Morgan fingerprint density at radius 2 is 0.817 bits per heavy atom. The van der Waals surface area contributed by atoms with Crippen LogP contribution in [0.4, 0.5) is 32.8 Å². The smallest absolute Gasteiger partial charge is 0.110 e. The van der Waals surface area contributed by atoms with Gasteiger partial charge < -0.3 is 14.4 Å². The molecule has 0 unspecified atom stereocenters. The highest BCUT2D eigenvalue weighted by Gasteiger charge is 2.38. The molecule has 4 heteroatoms. The summed E-state index contributed by atoms with van der Waals surface area (Å²) in [6, 6.07) is 102. The molecular weight excluding hydrogens is 1010 g/mol. The van der Waals surface area contributed by atoms with Crippen LogP contribution in [0.5, 0.6) is 0 Å². The van der Waals surface area contributed by atoms with E-state index in [0.29, 0.717) is 0 Å². The summed E-state index contributed by atoms with van der Waals surface area (Å²) in [6.45, 7) is 9.47. The van der Waals surface area contributed by atoms with Crippen LogP contribution in [-0.2, 0) is 10.8 Å². The number of aromatic nitrogens is 1. The first kappa shape index (κ1) is 48.2. The summed E-state index contributed by atoms with van der Waals surface area (Å²) >= 11 is 1.84. The van der Waals surface area contributed by atoms with Gasteiger partial charge in [0.15, 0.2) is 0 Å². The van der Waals surface area contributed by atoms with E-state index >= 15 is 0 Å².